The molecule has 4 fully saturated rings. The fourth-order valence-corrected chi connectivity index (χ4v) is 14.8. The number of hydrogen-bond acceptors (Lipinski definition) is 14. The van der Waals surface area contributed by atoms with Gasteiger partial charge in [0, 0.05) is 66.9 Å². The Morgan fingerprint density at radius 2 is 1.38 bits per heavy atom. The summed E-state index contributed by atoms with van der Waals surface area (Å²) in [6, 6.07) is 11.6. The molecule has 4 aliphatic rings. The minimum absolute atomic E-state index is 0.158. The first-order valence-corrected chi connectivity index (χ1v) is 28.7. The van der Waals surface area contributed by atoms with E-state index < -0.39 is 29.7 Å². The highest BCUT2D eigenvalue weighted by atomic mass is 32.1. The van der Waals surface area contributed by atoms with Crippen LogP contribution in [0.2, 0.25) is 0 Å². The number of nitrogen functional groups attached to an aromatic ring is 1. The third-order valence-corrected chi connectivity index (χ3v) is 19.1. The van der Waals surface area contributed by atoms with Crippen LogP contribution in [0.25, 0.3) is 47.8 Å². The van der Waals surface area contributed by atoms with Gasteiger partial charge in [-0.05, 0) is 132 Å². The maximum Gasteiger partial charge on any atom is 0.314 e. The van der Waals surface area contributed by atoms with E-state index >= 15 is 0 Å². The van der Waals surface area contributed by atoms with Crippen molar-refractivity contribution in [3.63, 3.8) is 0 Å². The van der Waals surface area contributed by atoms with E-state index in [1.807, 2.05) is 10.9 Å². The summed E-state index contributed by atoms with van der Waals surface area (Å²) >= 11 is 3.45. The van der Waals surface area contributed by atoms with Gasteiger partial charge in [-0.2, -0.15) is 5.10 Å². The van der Waals surface area contributed by atoms with E-state index in [0.29, 0.717) is 70.3 Å². The van der Waals surface area contributed by atoms with Crippen LogP contribution in [-0.2, 0) is 19.2 Å². The maximum atomic E-state index is 14.5. The molecular weight excluding hydrogens is 1010 g/mol. The Morgan fingerprint density at radius 1 is 0.688 bits per heavy atom. The molecule has 12 rings (SSSR count). The molecule has 6 aromatic heterocycles. The zero-order valence-electron chi connectivity index (χ0n) is 44.2. The average Bonchev–Trinajstić information content (AvgIpc) is 4.22. The molecule has 0 radical (unpaired) electrons. The Kier molecular flexibility index (Phi) is 13.7. The van der Waals surface area contributed by atoms with Crippen molar-refractivity contribution in [3.8, 4) is 5.69 Å². The third-order valence-electron chi connectivity index (χ3n) is 16.7. The molecule has 0 aliphatic carbocycles. The van der Waals surface area contributed by atoms with Gasteiger partial charge in [0.1, 0.15) is 16.0 Å². The number of benzene rings is 2. The lowest BCUT2D eigenvalue weighted by Gasteiger charge is -2.38. The topological polar surface area (TPSA) is 215 Å². The summed E-state index contributed by atoms with van der Waals surface area (Å²) in [4.78, 5) is 88.9. The van der Waals surface area contributed by atoms with Gasteiger partial charge in [-0.3, -0.25) is 29.1 Å². The number of aromatic nitrogens is 7. The number of amides is 4. The summed E-state index contributed by atoms with van der Waals surface area (Å²) in [7, 11) is 4.33. The van der Waals surface area contributed by atoms with E-state index in [0.717, 1.165) is 107 Å². The van der Waals surface area contributed by atoms with Crippen LogP contribution in [0.5, 0.6) is 0 Å². The largest absolute Gasteiger partial charge is 0.383 e. The van der Waals surface area contributed by atoms with Crippen molar-refractivity contribution < 1.29 is 23.9 Å². The number of nitrogens with one attached hydrogen (secondary N) is 3. The monoisotopic (exact) mass is 1070 g/mol. The fourth-order valence-electron chi connectivity index (χ4n) is 12.4. The number of likely N-dealkylation sites (tertiary alicyclic amines) is 4. The number of nitrogens with two attached hydrogens (primary N) is 1. The second-order valence-electron chi connectivity index (χ2n) is 22.4. The minimum Gasteiger partial charge on any atom is -0.383 e. The average molecular weight is 1070 g/mol. The molecule has 18 nitrogen and oxygen atoms in total. The normalized spacial score (nSPS) is 23.0. The van der Waals surface area contributed by atoms with E-state index in [1.54, 1.807) is 63.3 Å². The Bertz CT molecular complexity index is 3610. The van der Waals surface area contributed by atoms with Gasteiger partial charge in [0.15, 0.2) is 0 Å². The lowest BCUT2D eigenvalue weighted by Crippen LogP contribution is -2.46. The molecule has 4 amide bonds. The van der Waals surface area contributed by atoms with Crippen molar-refractivity contribution in [1.29, 1.82) is 0 Å². The van der Waals surface area contributed by atoms with Gasteiger partial charge in [0.05, 0.1) is 67.0 Å². The number of aromatic amines is 1. The number of pyridine rings is 3. The van der Waals surface area contributed by atoms with Crippen LogP contribution in [0, 0.1) is 17.8 Å². The van der Waals surface area contributed by atoms with E-state index in [2.05, 4.69) is 106 Å². The van der Waals surface area contributed by atoms with Crippen LogP contribution < -0.4 is 21.0 Å². The highest BCUT2D eigenvalue weighted by Crippen LogP contribution is 2.42. The summed E-state index contributed by atoms with van der Waals surface area (Å²) < 4.78 is 4.01. The van der Waals surface area contributed by atoms with Crippen molar-refractivity contribution in [1.82, 2.24) is 49.6 Å². The molecular formula is C57H65N14O4S2+. The molecule has 0 spiro atoms. The quantitative estimate of drug-likeness (QED) is 0.0876. The van der Waals surface area contributed by atoms with Crippen LogP contribution in [-0.4, -0.2) is 127 Å². The number of hydrogen-bond donors (Lipinski definition) is 4. The Balaban J connectivity index is 0.844. The highest BCUT2D eigenvalue weighted by Gasteiger charge is 2.38. The number of carbonyl (C=O) groups is 4. The molecule has 0 unspecified atom stereocenters. The van der Waals surface area contributed by atoms with Gasteiger partial charge in [0.2, 0.25) is 6.20 Å². The van der Waals surface area contributed by atoms with Crippen molar-refractivity contribution in [2.24, 2.45) is 17.8 Å². The molecule has 77 heavy (non-hydrogen) atoms. The number of rotatable bonds is 7. The smallest absolute Gasteiger partial charge is 0.314 e. The first kappa shape index (κ1) is 50.8. The van der Waals surface area contributed by atoms with E-state index in [1.165, 1.54) is 11.2 Å². The summed E-state index contributed by atoms with van der Waals surface area (Å²) in [6.07, 6.45) is 16.1. The zero-order valence-corrected chi connectivity index (χ0v) is 45.8. The number of piperidine rings is 4. The third kappa shape index (κ3) is 9.89. The number of fused-ring (bicyclic) bond motifs is 4. The number of anilines is 3. The lowest BCUT2D eigenvalue weighted by molar-refractivity contribution is -0.651. The second kappa shape index (κ2) is 20.8. The van der Waals surface area contributed by atoms with Crippen LogP contribution in [0.1, 0.15) is 111 Å². The molecule has 4 aliphatic heterocycles. The molecule has 4 saturated heterocycles. The Labute approximate surface area is 454 Å². The Hall–Kier alpha value is -7.00. The molecule has 20 heteroatoms. The number of carbonyl (C=O) groups excluding carboxylic acids is 4. The summed E-state index contributed by atoms with van der Waals surface area (Å²) in [6.45, 7) is 11.5. The van der Waals surface area contributed by atoms with E-state index in [9.17, 15) is 19.2 Å². The molecule has 398 valence electrons. The van der Waals surface area contributed by atoms with Crippen molar-refractivity contribution in [2.45, 2.75) is 89.6 Å². The highest BCUT2D eigenvalue weighted by molar-refractivity contribution is 7.19. The summed E-state index contributed by atoms with van der Waals surface area (Å²) in [5, 5.41) is 13.5. The molecule has 0 saturated carbocycles. The predicted octanol–water partition coefficient (Wildman–Crippen LogP) is 8.33. The SMILES string of the molecule is C[C@H]1CC[C@H](c2cc(-[n+]3cc4cncc(NC(=O)C(=O)N5C[C@@H](C)CC[C@@H]5c5ccc6sc([C@@H]7CCN(C)C[C@@H]7C)nc6c5)c4[nH]3)c3sc(C4CCN(C)CC4)nc3c2)N(C(=O)C(=O)Nc2cnc(N)c3cnccc23)C1. The first-order valence-electron chi connectivity index (χ1n) is 27.1. The predicted molar refractivity (Wildman–Crippen MR) is 301 cm³/mol. The molecule has 5 N–H and O–H groups in total. The van der Waals surface area contributed by atoms with Gasteiger partial charge >= 0.3 is 23.6 Å². The van der Waals surface area contributed by atoms with E-state index in [-0.39, 0.29) is 23.7 Å². The Morgan fingerprint density at radius 3 is 2.12 bits per heavy atom. The summed E-state index contributed by atoms with van der Waals surface area (Å²) in [5.74, 6) is -0.851. The van der Waals surface area contributed by atoms with Crippen molar-refractivity contribution >= 4 is 106 Å². The zero-order chi connectivity index (χ0) is 53.2. The fraction of sp³-hybridized carbons (Fsp3) is 0.439. The number of thiazole rings is 2. The van der Waals surface area contributed by atoms with Gasteiger partial charge in [-0.25, -0.2) is 15.0 Å². The second-order valence-corrected chi connectivity index (χ2v) is 24.5. The van der Waals surface area contributed by atoms with Crippen molar-refractivity contribution in [2.75, 3.05) is 69.7 Å². The summed E-state index contributed by atoms with van der Waals surface area (Å²) in [5.41, 5.74) is 11.9. The van der Waals surface area contributed by atoms with Gasteiger partial charge in [-0.15, -0.1) is 22.7 Å². The van der Waals surface area contributed by atoms with Crippen LogP contribution in [0.15, 0.2) is 73.6 Å². The molecule has 8 aromatic rings. The number of nitrogens with zero attached hydrogens (tertiary/aromatic N) is 10. The van der Waals surface area contributed by atoms with Crippen molar-refractivity contribution in [3.05, 3.63) is 94.7 Å². The number of H-pyrrole nitrogens is 1. The maximum absolute atomic E-state index is 14.5. The molecule has 2 aromatic carbocycles. The van der Waals surface area contributed by atoms with Crippen LogP contribution >= 0.6 is 22.7 Å². The standard InChI is InChI=1S/C57H64N14O4S2/c1-31-6-9-45(35-8-11-48-41(20-35)64-55(76-48)38-15-19-68(5)29-33(38)3)69(27-31)57(75)53(73)63-44-25-60-23-37-30-71(66-49(37)44)47-22-36(21-42-50(47)77-54(65-42)34-13-17-67(4)18-14-34)46-10-7-32(2)28-70(46)56(74)52(72)62-43-26-61-51(58)40-24-59-16-12-39(40)43/h8,11-12,16,20-26,30-34,38,45-46H,6-7,9-10,13-15,17-19,27-29H2,1-5H3,(H4,58,59,61,62,63,72,73,74,75)/p+1/t31-,32-,33-,38+,45+,46+/m0/s1. The van der Waals surface area contributed by atoms with Gasteiger partial charge < -0.3 is 36.0 Å². The minimum atomic E-state index is -0.771. The lowest BCUT2D eigenvalue weighted by atomic mass is 9.87. The molecule has 10 heterocycles. The molecule has 0 bridgehead atoms. The van der Waals surface area contributed by atoms with E-state index in [4.69, 9.17) is 15.7 Å². The van der Waals surface area contributed by atoms with Gasteiger partial charge in [-0.1, -0.05) is 31.5 Å². The molecule has 6 atom stereocenters. The first-order chi connectivity index (χ1) is 37.2. The van der Waals surface area contributed by atoms with Gasteiger partial charge in [0.25, 0.3) is 5.69 Å². The van der Waals surface area contributed by atoms with Crippen LogP contribution in [0.3, 0.4) is 0 Å². The van der Waals surface area contributed by atoms with Crippen LogP contribution in [0.4, 0.5) is 17.2 Å².